The largest absolute Gasteiger partial charge is 0.496 e. The number of hydrogen-bond donors (Lipinski definition) is 1. The Balaban J connectivity index is 1.69. The Hall–Kier alpha value is -1.59. The fraction of sp³-hybridized carbons (Fsp3) is 0.267. The highest BCUT2D eigenvalue weighted by Gasteiger charge is 2.01. The predicted octanol–water partition coefficient (Wildman–Crippen LogP) is 3.02. The first-order chi connectivity index (χ1) is 9.79. The average molecular weight is 337 g/mol. The van der Waals surface area contributed by atoms with Crippen molar-refractivity contribution in [1.82, 2.24) is 10.3 Å². The number of nitrogens with one attached hydrogen (secondary N) is 1. The van der Waals surface area contributed by atoms with Gasteiger partial charge in [-0.3, -0.25) is 0 Å². The third-order valence-corrected chi connectivity index (χ3v) is 3.33. The first-order valence-electron chi connectivity index (χ1n) is 6.36. The summed E-state index contributed by atoms with van der Waals surface area (Å²) in [7, 11) is 1.66. The third kappa shape index (κ3) is 4.51. The number of nitrogens with zero attached hydrogens (tertiary/aromatic N) is 1. The fourth-order valence-corrected chi connectivity index (χ4v) is 2.30. The Bertz CT molecular complexity index is 535. The Morgan fingerprint density at radius 1 is 1.25 bits per heavy atom. The maximum atomic E-state index is 5.50. The topological polar surface area (TPSA) is 43.4 Å². The zero-order chi connectivity index (χ0) is 14.2. The molecule has 20 heavy (non-hydrogen) atoms. The highest BCUT2D eigenvalue weighted by molar-refractivity contribution is 9.10. The maximum Gasteiger partial charge on any atom is 0.213 e. The van der Waals surface area contributed by atoms with Gasteiger partial charge >= 0.3 is 0 Å². The van der Waals surface area contributed by atoms with Crippen LogP contribution in [0.5, 0.6) is 11.6 Å². The second-order valence-corrected chi connectivity index (χ2v) is 5.02. The lowest BCUT2D eigenvalue weighted by molar-refractivity contribution is 0.302. The standard InChI is InChI=1S/C15H17BrN2O2/c1-19-14-6-5-12(10-13(14)16)11-17-8-9-20-15-4-2-3-7-18-15/h2-7,10,17H,8-9,11H2,1H3. The van der Waals surface area contributed by atoms with E-state index in [0.29, 0.717) is 12.5 Å². The van der Waals surface area contributed by atoms with Gasteiger partial charge in [0, 0.05) is 25.4 Å². The van der Waals surface area contributed by atoms with Crippen molar-refractivity contribution < 1.29 is 9.47 Å². The molecule has 0 radical (unpaired) electrons. The molecule has 0 bridgehead atoms. The molecule has 1 N–H and O–H groups in total. The maximum absolute atomic E-state index is 5.50. The molecule has 1 aromatic heterocycles. The second kappa shape index (κ2) is 7.87. The number of aromatic nitrogens is 1. The van der Waals surface area contributed by atoms with Crippen LogP contribution in [-0.2, 0) is 6.54 Å². The van der Waals surface area contributed by atoms with Crippen molar-refractivity contribution in [2.75, 3.05) is 20.3 Å². The summed E-state index contributed by atoms with van der Waals surface area (Å²) in [6.07, 6.45) is 1.72. The summed E-state index contributed by atoms with van der Waals surface area (Å²) in [4.78, 5) is 4.10. The number of methoxy groups -OCH3 is 1. The SMILES string of the molecule is COc1ccc(CNCCOc2ccccn2)cc1Br. The van der Waals surface area contributed by atoms with Gasteiger partial charge in [-0.05, 0) is 39.7 Å². The Kier molecular flexibility index (Phi) is 5.83. The van der Waals surface area contributed by atoms with Gasteiger partial charge in [0.1, 0.15) is 12.4 Å². The van der Waals surface area contributed by atoms with Crippen molar-refractivity contribution in [1.29, 1.82) is 0 Å². The minimum absolute atomic E-state index is 0.592. The third-order valence-electron chi connectivity index (χ3n) is 2.71. The first-order valence-corrected chi connectivity index (χ1v) is 7.16. The van der Waals surface area contributed by atoms with Crippen LogP contribution < -0.4 is 14.8 Å². The van der Waals surface area contributed by atoms with Crippen LogP contribution >= 0.6 is 15.9 Å². The number of ether oxygens (including phenoxy) is 2. The van der Waals surface area contributed by atoms with Crippen LogP contribution in [0.1, 0.15) is 5.56 Å². The normalized spacial score (nSPS) is 10.3. The number of hydrogen-bond acceptors (Lipinski definition) is 4. The van der Waals surface area contributed by atoms with Crippen LogP contribution in [0.4, 0.5) is 0 Å². The summed E-state index contributed by atoms with van der Waals surface area (Å²) in [6.45, 7) is 2.14. The van der Waals surface area contributed by atoms with E-state index in [0.717, 1.165) is 23.3 Å². The smallest absolute Gasteiger partial charge is 0.213 e. The van der Waals surface area contributed by atoms with E-state index < -0.39 is 0 Å². The van der Waals surface area contributed by atoms with Gasteiger partial charge in [0.15, 0.2) is 0 Å². The van der Waals surface area contributed by atoms with Crippen LogP contribution in [0.3, 0.4) is 0 Å². The van der Waals surface area contributed by atoms with E-state index in [1.54, 1.807) is 13.3 Å². The minimum atomic E-state index is 0.592. The fourth-order valence-electron chi connectivity index (χ4n) is 1.71. The van der Waals surface area contributed by atoms with Gasteiger partial charge in [0.2, 0.25) is 5.88 Å². The van der Waals surface area contributed by atoms with E-state index in [1.807, 2.05) is 36.4 Å². The van der Waals surface area contributed by atoms with Crippen LogP contribution in [-0.4, -0.2) is 25.2 Å². The molecule has 0 aliphatic rings. The van der Waals surface area contributed by atoms with Crippen molar-refractivity contribution in [3.05, 3.63) is 52.6 Å². The molecule has 2 aromatic rings. The minimum Gasteiger partial charge on any atom is -0.496 e. The molecule has 106 valence electrons. The van der Waals surface area contributed by atoms with Gasteiger partial charge in [0.05, 0.1) is 11.6 Å². The first kappa shape index (κ1) is 14.8. The van der Waals surface area contributed by atoms with Gasteiger partial charge in [-0.25, -0.2) is 4.98 Å². The summed E-state index contributed by atoms with van der Waals surface area (Å²) in [5.41, 5.74) is 1.19. The highest BCUT2D eigenvalue weighted by atomic mass is 79.9. The summed E-state index contributed by atoms with van der Waals surface area (Å²) < 4.78 is 11.7. The summed E-state index contributed by atoms with van der Waals surface area (Å²) >= 11 is 3.47. The molecular formula is C15H17BrN2O2. The van der Waals surface area contributed by atoms with E-state index in [-0.39, 0.29) is 0 Å². The number of rotatable bonds is 7. The molecule has 0 fully saturated rings. The lowest BCUT2D eigenvalue weighted by Crippen LogP contribution is -2.20. The number of pyridine rings is 1. The zero-order valence-electron chi connectivity index (χ0n) is 11.3. The molecule has 5 heteroatoms. The van der Waals surface area contributed by atoms with E-state index in [9.17, 15) is 0 Å². The van der Waals surface area contributed by atoms with Crippen molar-refractivity contribution in [3.8, 4) is 11.6 Å². The molecular weight excluding hydrogens is 320 g/mol. The molecule has 0 saturated carbocycles. The van der Waals surface area contributed by atoms with Crippen LogP contribution in [0.25, 0.3) is 0 Å². The Labute approximate surface area is 127 Å². The molecule has 0 unspecified atom stereocenters. The van der Waals surface area contributed by atoms with E-state index >= 15 is 0 Å². The lowest BCUT2D eigenvalue weighted by atomic mass is 10.2. The van der Waals surface area contributed by atoms with Gasteiger partial charge < -0.3 is 14.8 Å². The van der Waals surface area contributed by atoms with E-state index in [4.69, 9.17) is 9.47 Å². The van der Waals surface area contributed by atoms with Crippen molar-refractivity contribution in [3.63, 3.8) is 0 Å². The molecule has 0 spiro atoms. The van der Waals surface area contributed by atoms with Gasteiger partial charge in [-0.15, -0.1) is 0 Å². The van der Waals surface area contributed by atoms with E-state index in [2.05, 4.69) is 26.2 Å². The van der Waals surface area contributed by atoms with Crippen molar-refractivity contribution >= 4 is 15.9 Å². The van der Waals surface area contributed by atoms with Crippen LogP contribution in [0.2, 0.25) is 0 Å². The molecule has 1 heterocycles. The lowest BCUT2D eigenvalue weighted by Gasteiger charge is -2.08. The van der Waals surface area contributed by atoms with Crippen LogP contribution in [0, 0.1) is 0 Å². The molecule has 4 nitrogen and oxygen atoms in total. The quantitative estimate of drug-likeness (QED) is 0.789. The highest BCUT2D eigenvalue weighted by Crippen LogP contribution is 2.25. The molecule has 2 rings (SSSR count). The number of benzene rings is 1. The van der Waals surface area contributed by atoms with E-state index in [1.165, 1.54) is 5.56 Å². The molecule has 1 aromatic carbocycles. The predicted molar refractivity (Wildman–Crippen MR) is 82.1 cm³/mol. The zero-order valence-corrected chi connectivity index (χ0v) is 12.9. The van der Waals surface area contributed by atoms with Gasteiger partial charge in [-0.2, -0.15) is 0 Å². The van der Waals surface area contributed by atoms with Gasteiger partial charge in [0.25, 0.3) is 0 Å². The average Bonchev–Trinajstić information content (AvgIpc) is 2.48. The monoisotopic (exact) mass is 336 g/mol. The molecule has 0 amide bonds. The Morgan fingerprint density at radius 2 is 2.15 bits per heavy atom. The van der Waals surface area contributed by atoms with Crippen molar-refractivity contribution in [2.45, 2.75) is 6.54 Å². The summed E-state index contributed by atoms with van der Waals surface area (Å²) in [5, 5.41) is 3.32. The molecule has 0 aliphatic heterocycles. The van der Waals surface area contributed by atoms with Gasteiger partial charge in [-0.1, -0.05) is 12.1 Å². The molecule has 0 atom stereocenters. The summed E-state index contributed by atoms with van der Waals surface area (Å²) in [5.74, 6) is 1.49. The summed E-state index contributed by atoms with van der Waals surface area (Å²) in [6, 6.07) is 11.7. The number of halogens is 1. The molecule has 0 aliphatic carbocycles. The van der Waals surface area contributed by atoms with Crippen molar-refractivity contribution in [2.24, 2.45) is 0 Å². The molecule has 0 saturated heterocycles. The second-order valence-electron chi connectivity index (χ2n) is 4.16. The Morgan fingerprint density at radius 3 is 2.85 bits per heavy atom. The van der Waals surface area contributed by atoms with Crippen LogP contribution in [0.15, 0.2) is 47.1 Å².